The van der Waals surface area contributed by atoms with Gasteiger partial charge >= 0.3 is 0 Å². The summed E-state index contributed by atoms with van der Waals surface area (Å²) in [6, 6.07) is 8.42. The van der Waals surface area contributed by atoms with E-state index in [1.54, 1.807) is 0 Å². The van der Waals surface area contributed by atoms with E-state index in [-0.39, 0.29) is 11.9 Å². The molecule has 1 saturated carbocycles. The van der Waals surface area contributed by atoms with Gasteiger partial charge in [0.15, 0.2) is 0 Å². The Morgan fingerprint density at radius 3 is 2.95 bits per heavy atom. The minimum absolute atomic E-state index is 0.0790. The van der Waals surface area contributed by atoms with Gasteiger partial charge in [-0.05, 0) is 48.8 Å². The molecule has 3 rings (SSSR count). The molecule has 2 aromatic rings. The molecular weight excluding hydrogens is 274 g/mol. The second kappa shape index (κ2) is 6.53. The van der Waals surface area contributed by atoms with E-state index in [1.165, 1.54) is 10.9 Å². The molecule has 4 heteroatoms. The van der Waals surface area contributed by atoms with Crippen molar-refractivity contribution in [3.63, 3.8) is 0 Å². The van der Waals surface area contributed by atoms with Crippen LogP contribution in [0.3, 0.4) is 0 Å². The molecule has 2 atom stereocenters. The number of hydrogen-bond donors (Lipinski definition) is 2. The first-order valence-corrected chi connectivity index (χ1v) is 8.31. The summed E-state index contributed by atoms with van der Waals surface area (Å²) in [5, 5.41) is 4.25. The molecule has 1 aromatic heterocycles. The Labute approximate surface area is 131 Å². The fourth-order valence-corrected chi connectivity index (χ4v) is 3.47. The number of benzene rings is 1. The number of hydrogen-bond acceptors (Lipinski definition) is 2. The van der Waals surface area contributed by atoms with Gasteiger partial charge in [0.1, 0.15) is 0 Å². The van der Waals surface area contributed by atoms with Crippen molar-refractivity contribution in [2.75, 3.05) is 5.32 Å². The Balaban J connectivity index is 1.70. The van der Waals surface area contributed by atoms with Gasteiger partial charge in [-0.15, -0.1) is 0 Å². The molecule has 0 saturated heterocycles. The quantitative estimate of drug-likeness (QED) is 0.887. The van der Waals surface area contributed by atoms with Crippen LogP contribution >= 0.6 is 0 Å². The Morgan fingerprint density at radius 1 is 1.36 bits per heavy atom. The predicted molar refractivity (Wildman–Crippen MR) is 90.8 cm³/mol. The first-order valence-electron chi connectivity index (χ1n) is 8.31. The third kappa shape index (κ3) is 3.17. The van der Waals surface area contributed by atoms with E-state index in [1.807, 2.05) is 6.07 Å². The number of aromatic nitrogens is 1. The van der Waals surface area contributed by atoms with E-state index >= 15 is 0 Å². The molecule has 1 heterocycles. The van der Waals surface area contributed by atoms with Crippen molar-refractivity contribution in [3.8, 4) is 0 Å². The van der Waals surface area contributed by atoms with Crippen LogP contribution in [0, 0.1) is 5.92 Å². The fourth-order valence-electron chi connectivity index (χ4n) is 3.47. The average Bonchev–Trinajstić information content (AvgIpc) is 3.07. The first-order chi connectivity index (χ1) is 10.7. The van der Waals surface area contributed by atoms with Gasteiger partial charge in [0.05, 0.1) is 5.52 Å². The van der Waals surface area contributed by atoms with E-state index in [4.69, 9.17) is 5.73 Å². The van der Waals surface area contributed by atoms with Gasteiger partial charge in [-0.2, -0.15) is 0 Å². The number of carbonyl (C=O) groups excluding carboxylic acids is 1. The maximum Gasteiger partial charge on any atom is 0.224 e. The Kier molecular flexibility index (Phi) is 4.48. The number of nitrogens with one attached hydrogen (secondary N) is 1. The third-order valence-corrected chi connectivity index (χ3v) is 4.69. The molecule has 118 valence electrons. The van der Waals surface area contributed by atoms with Crippen molar-refractivity contribution in [2.24, 2.45) is 11.7 Å². The number of nitrogens with two attached hydrogens (primary N) is 1. The van der Waals surface area contributed by atoms with Crippen molar-refractivity contribution >= 4 is 22.5 Å². The number of rotatable bonds is 5. The lowest BCUT2D eigenvalue weighted by molar-refractivity contribution is -0.117. The summed E-state index contributed by atoms with van der Waals surface area (Å²) in [7, 11) is 0. The SMILES string of the molecule is CCCn1ccc2ccc(NC(=O)C[C@@H]3CCC[C@H]3N)cc21. The van der Waals surface area contributed by atoms with E-state index in [0.29, 0.717) is 12.3 Å². The van der Waals surface area contributed by atoms with Crippen molar-refractivity contribution in [1.29, 1.82) is 0 Å². The van der Waals surface area contributed by atoms with E-state index in [0.717, 1.165) is 37.9 Å². The lowest BCUT2D eigenvalue weighted by Crippen LogP contribution is -2.28. The lowest BCUT2D eigenvalue weighted by Gasteiger charge is -2.15. The summed E-state index contributed by atoms with van der Waals surface area (Å²) in [6.07, 6.45) is 7.02. The number of carbonyl (C=O) groups is 1. The minimum atomic E-state index is 0.0790. The molecule has 3 N–H and O–H groups in total. The molecule has 1 aliphatic carbocycles. The summed E-state index contributed by atoms with van der Waals surface area (Å²) in [6.45, 7) is 3.17. The van der Waals surface area contributed by atoms with Crippen LogP contribution in [0.1, 0.15) is 39.0 Å². The van der Waals surface area contributed by atoms with Crippen LogP contribution in [0.4, 0.5) is 5.69 Å². The fraction of sp³-hybridized carbons (Fsp3) is 0.500. The second-order valence-corrected chi connectivity index (χ2v) is 6.39. The van der Waals surface area contributed by atoms with Gasteiger partial charge in [-0.25, -0.2) is 0 Å². The molecular formula is C18H25N3O. The van der Waals surface area contributed by atoms with Crippen molar-refractivity contribution in [2.45, 2.75) is 51.6 Å². The predicted octanol–water partition coefficient (Wildman–Crippen LogP) is 3.51. The van der Waals surface area contributed by atoms with Crippen LogP contribution in [-0.2, 0) is 11.3 Å². The van der Waals surface area contributed by atoms with Crippen molar-refractivity contribution < 1.29 is 4.79 Å². The van der Waals surface area contributed by atoms with Crippen molar-refractivity contribution in [3.05, 3.63) is 30.5 Å². The number of aryl methyl sites for hydroxylation is 1. The average molecular weight is 299 g/mol. The van der Waals surface area contributed by atoms with Gasteiger partial charge < -0.3 is 15.6 Å². The molecule has 1 aromatic carbocycles. The molecule has 0 spiro atoms. The van der Waals surface area contributed by atoms with Gasteiger partial charge in [-0.3, -0.25) is 4.79 Å². The van der Waals surface area contributed by atoms with Gasteiger partial charge in [0.2, 0.25) is 5.91 Å². The van der Waals surface area contributed by atoms with Crippen LogP contribution in [0.5, 0.6) is 0 Å². The van der Waals surface area contributed by atoms with Crippen molar-refractivity contribution in [1.82, 2.24) is 4.57 Å². The number of fused-ring (bicyclic) bond motifs is 1. The van der Waals surface area contributed by atoms with E-state index in [2.05, 4.69) is 41.2 Å². The Morgan fingerprint density at radius 2 is 2.23 bits per heavy atom. The molecule has 22 heavy (non-hydrogen) atoms. The summed E-state index contributed by atoms with van der Waals surface area (Å²) >= 11 is 0. The normalized spacial score (nSPS) is 21.4. The molecule has 0 unspecified atom stereocenters. The molecule has 0 aliphatic heterocycles. The van der Waals surface area contributed by atoms with Crippen LogP contribution < -0.4 is 11.1 Å². The van der Waals surface area contributed by atoms with Crippen LogP contribution in [0.15, 0.2) is 30.5 Å². The number of amides is 1. The smallest absolute Gasteiger partial charge is 0.224 e. The highest BCUT2D eigenvalue weighted by Crippen LogP contribution is 2.27. The molecule has 1 fully saturated rings. The zero-order chi connectivity index (χ0) is 15.5. The summed E-state index contributed by atoms with van der Waals surface area (Å²) in [4.78, 5) is 12.2. The standard InChI is InChI=1S/C18H25N3O/c1-2-9-21-10-8-13-6-7-15(12-17(13)21)20-18(22)11-14-4-3-5-16(14)19/h6-8,10,12,14,16H,2-5,9,11,19H2,1H3,(H,20,22)/t14-,16+/m0/s1. The zero-order valence-corrected chi connectivity index (χ0v) is 13.2. The first kappa shape index (κ1) is 15.1. The number of anilines is 1. The summed E-state index contributed by atoms with van der Waals surface area (Å²) < 4.78 is 2.23. The summed E-state index contributed by atoms with van der Waals surface area (Å²) in [5.74, 6) is 0.419. The van der Waals surface area contributed by atoms with Crippen LogP contribution in [0.25, 0.3) is 10.9 Å². The van der Waals surface area contributed by atoms with Gasteiger partial charge in [0.25, 0.3) is 0 Å². The second-order valence-electron chi connectivity index (χ2n) is 6.39. The highest BCUT2D eigenvalue weighted by atomic mass is 16.1. The zero-order valence-electron chi connectivity index (χ0n) is 13.2. The maximum atomic E-state index is 12.2. The minimum Gasteiger partial charge on any atom is -0.347 e. The molecule has 1 amide bonds. The Hall–Kier alpha value is -1.81. The van der Waals surface area contributed by atoms with Gasteiger partial charge in [0, 0.05) is 30.9 Å². The van der Waals surface area contributed by atoms with E-state index in [9.17, 15) is 4.79 Å². The molecule has 0 radical (unpaired) electrons. The lowest BCUT2D eigenvalue weighted by atomic mass is 10.00. The third-order valence-electron chi connectivity index (χ3n) is 4.69. The molecule has 0 bridgehead atoms. The van der Waals surface area contributed by atoms with Crippen LogP contribution in [-0.4, -0.2) is 16.5 Å². The topological polar surface area (TPSA) is 60.0 Å². The molecule has 1 aliphatic rings. The largest absolute Gasteiger partial charge is 0.347 e. The molecule has 4 nitrogen and oxygen atoms in total. The van der Waals surface area contributed by atoms with Crippen LogP contribution in [0.2, 0.25) is 0 Å². The number of nitrogens with zero attached hydrogens (tertiary/aromatic N) is 1. The highest BCUT2D eigenvalue weighted by molar-refractivity contribution is 5.94. The Bertz CT molecular complexity index is 661. The van der Waals surface area contributed by atoms with E-state index < -0.39 is 0 Å². The monoisotopic (exact) mass is 299 g/mol. The highest BCUT2D eigenvalue weighted by Gasteiger charge is 2.26. The maximum absolute atomic E-state index is 12.2. The van der Waals surface area contributed by atoms with Gasteiger partial charge in [-0.1, -0.05) is 19.4 Å². The summed E-state index contributed by atoms with van der Waals surface area (Å²) in [5.41, 5.74) is 8.10.